The molecule has 0 saturated heterocycles. The molecule has 3 saturated carbocycles. The van der Waals surface area contributed by atoms with Crippen molar-refractivity contribution in [2.75, 3.05) is 0 Å². The van der Waals surface area contributed by atoms with E-state index in [1.54, 1.807) is 12.8 Å². The molecule has 0 aromatic heterocycles. The molecule has 0 aromatic carbocycles. The van der Waals surface area contributed by atoms with Gasteiger partial charge in [0.15, 0.2) is 0 Å². The van der Waals surface area contributed by atoms with Gasteiger partial charge in [-0.1, -0.05) is 20.8 Å². The van der Waals surface area contributed by atoms with E-state index in [4.69, 9.17) is 0 Å². The van der Waals surface area contributed by atoms with Crippen LogP contribution in [0.25, 0.3) is 0 Å². The summed E-state index contributed by atoms with van der Waals surface area (Å²) in [6.07, 6.45) is 4.61. The van der Waals surface area contributed by atoms with Crippen LogP contribution in [0.15, 0.2) is 0 Å². The van der Waals surface area contributed by atoms with Crippen LogP contribution in [-0.4, -0.2) is 0 Å². The van der Waals surface area contributed by atoms with Crippen molar-refractivity contribution < 1.29 is 0 Å². The minimum absolute atomic E-state index is 0.846. The highest BCUT2D eigenvalue weighted by molar-refractivity contribution is 5.11. The highest BCUT2D eigenvalue weighted by Crippen LogP contribution is 2.70. The average Bonchev–Trinajstić information content (AvgIpc) is 1.79. The molecule has 3 aliphatic rings. The van der Waals surface area contributed by atoms with Crippen molar-refractivity contribution in [2.45, 2.75) is 40.0 Å². The summed E-state index contributed by atoms with van der Waals surface area (Å²) in [4.78, 5) is 0. The molecule has 0 amide bonds. The van der Waals surface area contributed by atoms with E-state index < -0.39 is 0 Å². The molecule has 3 aliphatic carbocycles. The maximum atomic E-state index is 2.44. The minimum atomic E-state index is 0.846. The third kappa shape index (κ3) is 0.627. The van der Waals surface area contributed by atoms with Crippen molar-refractivity contribution in [3.8, 4) is 0 Å². The van der Waals surface area contributed by atoms with Gasteiger partial charge in [-0.3, -0.25) is 0 Å². The maximum Gasteiger partial charge on any atom is -0.0261 e. The first-order chi connectivity index (χ1) is 4.64. The zero-order valence-corrected chi connectivity index (χ0v) is 7.35. The van der Waals surface area contributed by atoms with Gasteiger partial charge in [0.25, 0.3) is 0 Å². The van der Waals surface area contributed by atoms with Gasteiger partial charge in [-0.05, 0) is 42.4 Å². The summed E-state index contributed by atoms with van der Waals surface area (Å²) in [7, 11) is 0. The van der Waals surface area contributed by atoms with E-state index in [1.165, 1.54) is 6.42 Å². The summed E-state index contributed by atoms with van der Waals surface area (Å²) in [6, 6.07) is 0. The van der Waals surface area contributed by atoms with Crippen molar-refractivity contribution in [3.63, 3.8) is 0 Å². The molecule has 0 heterocycles. The Labute approximate surface area is 64.0 Å². The van der Waals surface area contributed by atoms with E-state index in [9.17, 15) is 0 Å². The summed E-state index contributed by atoms with van der Waals surface area (Å²) in [6.45, 7) is 7.15. The van der Waals surface area contributed by atoms with Crippen LogP contribution in [-0.2, 0) is 0 Å². The molecule has 0 heteroatoms. The normalized spacial score (nSPS) is 50.4. The van der Waals surface area contributed by atoms with Crippen LogP contribution in [0.1, 0.15) is 40.0 Å². The summed E-state index contributed by atoms with van der Waals surface area (Å²) in [5.41, 5.74) is 0.846. The Kier molecular flexibility index (Phi) is 1.19. The third-order valence-electron chi connectivity index (χ3n) is 3.83. The van der Waals surface area contributed by atoms with Gasteiger partial charge in [0.1, 0.15) is 0 Å². The van der Waals surface area contributed by atoms with Gasteiger partial charge in [-0.25, -0.2) is 0 Å². The molecule has 1 unspecified atom stereocenters. The fraction of sp³-hybridized carbons (Fsp3) is 1.00. The molecular formula is C10H18. The summed E-state index contributed by atoms with van der Waals surface area (Å²) in [5, 5.41) is 0. The molecule has 3 rings (SSSR count). The van der Waals surface area contributed by atoms with Crippen molar-refractivity contribution in [1.82, 2.24) is 0 Å². The van der Waals surface area contributed by atoms with E-state index in [2.05, 4.69) is 20.8 Å². The van der Waals surface area contributed by atoms with Gasteiger partial charge in [0.2, 0.25) is 0 Å². The molecule has 0 aromatic rings. The Hall–Kier alpha value is 0. The van der Waals surface area contributed by atoms with Crippen LogP contribution in [0.3, 0.4) is 0 Å². The molecule has 0 nitrogen and oxygen atoms in total. The Balaban J connectivity index is 1.92. The second-order valence-electron chi connectivity index (χ2n) is 4.92. The Morgan fingerprint density at radius 1 is 1.40 bits per heavy atom. The summed E-state index contributed by atoms with van der Waals surface area (Å²) >= 11 is 0. The van der Waals surface area contributed by atoms with Crippen molar-refractivity contribution >= 4 is 0 Å². The molecule has 0 N–H and O–H groups in total. The molecule has 58 valence electrons. The number of rotatable bonds is 2. The standard InChI is InChI=1S/C10H18/c1-7(2)4-10-5-9(6-10)8(10)3/h7-9H,4-6H2,1-3H3. The first-order valence-corrected chi connectivity index (χ1v) is 4.64. The molecule has 10 heavy (non-hydrogen) atoms. The first-order valence-electron chi connectivity index (χ1n) is 4.64. The van der Waals surface area contributed by atoms with Crippen LogP contribution in [0, 0.1) is 23.2 Å². The lowest BCUT2D eigenvalue weighted by Crippen LogP contribution is -2.60. The van der Waals surface area contributed by atoms with E-state index in [-0.39, 0.29) is 0 Å². The first kappa shape index (κ1) is 6.69. The third-order valence-corrected chi connectivity index (χ3v) is 3.83. The highest BCUT2D eigenvalue weighted by atomic mass is 14.7. The predicted octanol–water partition coefficient (Wildman–Crippen LogP) is 3.08. The lowest BCUT2D eigenvalue weighted by Gasteiger charge is -2.68. The van der Waals surface area contributed by atoms with Crippen LogP contribution in [0.2, 0.25) is 0 Å². The topological polar surface area (TPSA) is 0 Å². The van der Waals surface area contributed by atoms with E-state index >= 15 is 0 Å². The second-order valence-corrected chi connectivity index (χ2v) is 4.92. The van der Waals surface area contributed by atoms with E-state index in [0.29, 0.717) is 0 Å². The summed E-state index contributed by atoms with van der Waals surface area (Å²) in [5.74, 6) is 3.14. The minimum Gasteiger partial charge on any atom is -0.0628 e. The fourth-order valence-corrected chi connectivity index (χ4v) is 3.05. The molecule has 2 bridgehead atoms. The van der Waals surface area contributed by atoms with E-state index in [0.717, 1.165) is 23.2 Å². The fourth-order valence-electron chi connectivity index (χ4n) is 3.05. The lowest BCUT2D eigenvalue weighted by atomic mass is 9.36. The Morgan fingerprint density at radius 3 is 2.10 bits per heavy atom. The molecule has 1 atom stereocenters. The summed E-state index contributed by atoms with van der Waals surface area (Å²) < 4.78 is 0. The Morgan fingerprint density at radius 2 is 2.00 bits per heavy atom. The maximum absolute atomic E-state index is 2.44. The lowest BCUT2D eigenvalue weighted by molar-refractivity contribution is -0.190. The molecule has 3 fully saturated rings. The number of hydrogen-bond acceptors (Lipinski definition) is 0. The van der Waals surface area contributed by atoms with Gasteiger partial charge < -0.3 is 0 Å². The van der Waals surface area contributed by atoms with Gasteiger partial charge >= 0.3 is 0 Å². The monoisotopic (exact) mass is 138 g/mol. The smallest absolute Gasteiger partial charge is 0.0261 e. The van der Waals surface area contributed by atoms with Gasteiger partial charge in [0.05, 0.1) is 0 Å². The van der Waals surface area contributed by atoms with Gasteiger partial charge in [-0.15, -0.1) is 0 Å². The van der Waals surface area contributed by atoms with Crippen molar-refractivity contribution in [3.05, 3.63) is 0 Å². The van der Waals surface area contributed by atoms with Gasteiger partial charge in [-0.2, -0.15) is 0 Å². The molecule has 0 aliphatic heterocycles. The quantitative estimate of drug-likeness (QED) is 0.550. The Bertz CT molecular complexity index is 140. The number of hydrogen-bond donors (Lipinski definition) is 0. The van der Waals surface area contributed by atoms with Crippen LogP contribution in [0.5, 0.6) is 0 Å². The molecular weight excluding hydrogens is 120 g/mol. The van der Waals surface area contributed by atoms with Crippen molar-refractivity contribution in [1.29, 1.82) is 0 Å². The van der Waals surface area contributed by atoms with Crippen LogP contribution < -0.4 is 0 Å². The van der Waals surface area contributed by atoms with Gasteiger partial charge in [0, 0.05) is 0 Å². The van der Waals surface area contributed by atoms with Crippen LogP contribution >= 0.6 is 0 Å². The highest BCUT2D eigenvalue weighted by Gasteiger charge is 2.62. The predicted molar refractivity (Wildman–Crippen MR) is 43.8 cm³/mol. The SMILES string of the molecule is CC(C)CC12CC(C1)C2C. The zero-order valence-electron chi connectivity index (χ0n) is 7.35. The van der Waals surface area contributed by atoms with Crippen LogP contribution in [0.4, 0.5) is 0 Å². The van der Waals surface area contributed by atoms with E-state index in [1.807, 2.05) is 0 Å². The average molecular weight is 138 g/mol. The molecule has 0 spiro atoms. The zero-order chi connectivity index (χ0) is 7.35. The van der Waals surface area contributed by atoms with Crippen molar-refractivity contribution in [2.24, 2.45) is 23.2 Å². The second kappa shape index (κ2) is 1.78. The molecule has 0 radical (unpaired) electrons. The largest absolute Gasteiger partial charge is 0.0628 e.